The molecule has 1 amide bonds. The first kappa shape index (κ1) is 25.1. The van der Waals surface area contributed by atoms with Crippen molar-refractivity contribution in [3.8, 4) is 5.75 Å². The smallest absolute Gasteiger partial charge is 0.326 e. The Hall–Kier alpha value is -3.02. The summed E-state index contributed by atoms with van der Waals surface area (Å²) in [6.07, 6.45) is 0.751. The monoisotopic (exact) mass is 517 g/mol. The summed E-state index contributed by atoms with van der Waals surface area (Å²) in [6, 6.07) is 13.8. The first-order chi connectivity index (χ1) is 16.8. The second-order valence-electron chi connectivity index (χ2n) is 8.05. The molecule has 1 aliphatic heterocycles. The first-order valence-electron chi connectivity index (χ1n) is 11.3. The fourth-order valence-corrected chi connectivity index (χ4v) is 6.52. The molecular weight excluding hydrogens is 490 g/mol. The number of methoxy groups -OCH3 is 1. The number of rotatable bonds is 7. The van der Waals surface area contributed by atoms with Gasteiger partial charge in [-0.2, -0.15) is 9.30 Å². The van der Waals surface area contributed by atoms with Gasteiger partial charge in [-0.15, -0.1) is 0 Å². The van der Waals surface area contributed by atoms with Crippen molar-refractivity contribution in [3.63, 3.8) is 0 Å². The van der Waals surface area contributed by atoms with Crippen LogP contribution in [0.1, 0.15) is 19.8 Å². The second kappa shape index (κ2) is 10.7. The number of amides is 1. The van der Waals surface area contributed by atoms with E-state index in [0.717, 1.165) is 10.2 Å². The molecule has 1 aliphatic rings. The molecule has 186 valence electrons. The second-order valence-corrected chi connectivity index (χ2v) is 11.0. The van der Waals surface area contributed by atoms with Crippen molar-refractivity contribution in [2.24, 2.45) is 10.9 Å². The van der Waals surface area contributed by atoms with E-state index in [4.69, 9.17) is 9.47 Å². The zero-order chi connectivity index (χ0) is 25.0. The molecule has 2 heterocycles. The Kier molecular flexibility index (Phi) is 7.68. The van der Waals surface area contributed by atoms with Crippen LogP contribution >= 0.6 is 11.3 Å². The molecule has 9 nitrogen and oxygen atoms in total. The number of carbonyl (C=O) groups is 2. The summed E-state index contributed by atoms with van der Waals surface area (Å²) < 4.78 is 40.1. The highest BCUT2D eigenvalue weighted by Crippen LogP contribution is 2.26. The molecule has 35 heavy (non-hydrogen) atoms. The average Bonchev–Trinajstić information content (AvgIpc) is 3.20. The van der Waals surface area contributed by atoms with Crippen LogP contribution in [0.4, 0.5) is 0 Å². The molecule has 2 aromatic carbocycles. The third-order valence-corrected chi connectivity index (χ3v) is 8.86. The Morgan fingerprint density at radius 1 is 1.09 bits per heavy atom. The lowest BCUT2D eigenvalue weighted by Gasteiger charge is -2.29. The van der Waals surface area contributed by atoms with E-state index in [1.807, 2.05) is 24.3 Å². The molecule has 0 radical (unpaired) electrons. The standard InChI is InChI=1S/C24H27N3O6S2/c1-3-33-22(28)16-27-20-6-4-5-7-21(20)34-24(27)25-23(29)17-12-14-26(15-13-17)35(30,31)19-10-8-18(32-2)9-11-19/h4-11,17H,3,12-16H2,1-2H3. The number of sulfonamides is 1. The van der Waals surface area contributed by atoms with Crippen molar-refractivity contribution >= 4 is 43.5 Å². The predicted octanol–water partition coefficient (Wildman–Crippen LogP) is 2.80. The number of thiazole rings is 1. The van der Waals surface area contributed by atoms with Crippen molar-refractivity contribution in [2.75, 3.05) is 26.8 Å². The Labute approximate surface area is 207 Å². The molecule has 0 unspecified atom stereocenters. The van der Waals surface area contributed by atoms with E-state index < -0.39 is 21.9 Å². The molecule has 0 saturated carbocycles. The van der Waals surface area contributed by atoms with Crippen LogP contribution in [0.25, 0.3) is 10.2 Å². The molecule has 0 aliphatic carbocycles. The van der Waals surface area contributed by atoms with Crippen molar-refractivity contribution in [2.45, 2.75) is 31.2 Å². The van der Waals surface area contributed by atoms with Gasteiger partial charge in [-0.1, -0.05) is 23.5 Å². The third kappa shape index (κ3) is 5.47. The van der Waals surface area contributed by atoms with Gasteiger partial charge in [-0.3, -0.25) is 9.59 Å². The number of carbonyl (C=O) groups excluding carboxylic acids is 2. The van der Waals surface area contributed by atoms with Gasteiger partial charge in [0.15, 0.2) is 4.80 Å². The summed E-state index contributed by atoms with van der Waals surface area (Å²) in [4.78, 5) is 30.1. The van der Waals surface area contributed by atoms with Gasteiger partial charge in [-0.05, 0) is 56.2 Å². The number of esters is 1. The maximum atomic E-state index is 13.0. The van der Waals surface area contributed by atoms with E-state index in [9.17, 15) is 18.0 Å². The Morgan fingerprint density at radius 3 is 2.43 bits per heavy atom. The number of nitrogens with zero attached hydrogens (tertiary/aromatic N) is 3. The van der Waals surface area contributed by atoms with Crippen molar-refractivity contribution in [1.82, 2.24) is 8.87 Å². The van der Waals surface area contributed by atoms with Gasteiger partial charge in [0.05, 0.1) is 28.8 Å². The molecule has 4 rings (SSSR count). The van der Waals surface area contributed by atoms with Crippen LogP contribution in [0.2, 0.25) is 0 Å². The minimum absolute atomic E-state index is 0.0392. The SMILES string of the molecule is CCOC(=O)Cn1c(=NC(=O)C2CCN(S(=O)(=O)c3ccc(OC)cc3)CC2)sc2ccccc21. The number of fused-ring (bicyclic) bond motifs is 1. The number of benzene rings is 2. The fraction of sp³-hybridized carbons (Fsp3) is 0.375. The molecule has 1 saturated heterocycles. The largest absolute Gasteiger partial charge is 0.497 e. The van der Waals surface area contributed by atoms with Crippen LogP contribution in [0.15, 0.2) is 58.4 Å². The van der Waals surface area contributed by atoms with Crippen molar-refractivity contribution < 1.29 is 27.5 Å². The minimum atomic E-state index is -3.66. The molecule has 1 fully saturated rings. The molecule has 0 bridgehead atoms. The summed E-state index contributed by atoms with van der Waals surface area (Å²) in [7, 11) is -2.13. The van der Waals surface area contributed by atoms with Gasteiger partial charge in [0.1, 0.15) is 12.3 Å². The lowest BCUT2D eigenvalue weighted by molar-refractivity contribution is -0.143. The molecular formula is C24H27N3O6S2. The van der Waals surface area contributed by atoms with Gasteiger partial charge < -0.3 is 14.0 Å². The lowest BCUT2D eigenvalue weighted by Crippen LogP contribution is -2.40. The fourth-order valence-electron chi connectivity index (χ4n) is 4.02. The number of para-hydroxylation sites is 1. The number of hydrogen-bond acceptors (Lipinski definition) is 7. The maximum absolute atomic E-state index is 13.0. The van der Waals surface area contributed by atoms with Gasteiger partial charge in [0, 0.05) is 19.0 Å². The highest BCUT2D eigenvalue weighted by atomic mass is 32.2. The zero-order valence-corrected chi connectivity index (χ0v) is 21.2. The number of aromatic nitrogens is 1. The van der Waals surface area contributed by atoms with Crippen molar-refractivity contribution in [1.29, 1.82) is 0 Å². The van der Waals surface area contributed by atoms with Gasteiger partial charge in [0.2, 0.25) is 10.0 Å². The van der Waals surface area contributed by atoms with E-state index in [1.54, 1.807) is 23.6 Å². The van der Waals surface area contributed by atoms with Crippen LogP contribution in [0, 0.1) is 5.92 Å². The predicted molar refractivity (Wildman–Crippen MR) is 131 cm³/mol. The van der Waals surface area contributed by atoms with Crippen LogP contribution < -0.4 is 9.54 Å². The molecule has 11 heteroatoms. The number of piperidine rings is 1. The van der Waals surface area contributed by atoms with Crippen LogP contribution in [0.5, 0.6) is 5.75 Å². The first-order valence-corrected chi connectivity index (χ1v) is 13.6. The maximum Gasteiger partial charge on any atom is 0.326 e. The topological polar surface area (TPSA) is 107 Å². The minimum Gasteiger partial charge on any atom is -0.497 e. The van der Waals surface area contributed by atoms with E-state index in [-0.39, 0.29) is 37.0 Å². The zero-order valence-electron chi connectivity index (χ0n) is 19.5. The lowest BCUT2D eigenvalue weighted by atomic mass is 9.98. The molecule has 3 aromatic rings. The Morgan fingerprint density at radius 2 is 1.77 bits per heavy atom. The highest BCUT2D eigenvalue weighted by molar-refractivity contribution is 7.89. The summed E-state index contributed by atoms with van der Waals surface area (Å²) in [5.74, 6) is -0.521. The third-order valence-electron chi connectivity index (χ3n) is 5.89. The van der Waals surface area contributed by atoms with E-state index in [0.29, 0.717) is 23.4 Å². The van der Waals surface area contributed by atoms with Gasteiger partial charge in [0.25, 0.3) is 5.91 Å². The summed E-state index contributed by atoms with van der Waals surface area (Å²) >= 11 is 1.33. The van der Waals surface area contributed by atoms with Crippen LogP contribution in [-0.2, 0) is 30.9 Å². The van der Waals surface area contributed by atoms with E-state index in [1.165, 1.54) is 34.9 Å². The Balaban J connectivity index is 1.51. The highest BCUT2D eigenvalue weighted by Gasteiger charge is 2.32. The normalized spacial score (nSPS) is 15.9. The summed E-state index contributed by atoms with van der Waals surface area (Å²) in [5.41, 5.74) is 0.803. The van der Waals surface area contributed by atoms with Crippen LogP contribution in [-0.4, -0.2) is 56.0 Å². The molecule has 0 N–H and O–H groups in total. The van der Waals surface area contributed by atoms with E-state index in [2.05, 4.69) is 4.99 Å². The summed E-state index contributed by atoms with van der Waals surface area (Å²) in [6.45, 7) is 2.43. The number of ether oxygens (including phenoxy) is 2. The molecule has 1 aromatic heterocycles. The summed E-state index contributed by atoms with van der Waals surface area (Å²) in [5, 5.41) is 0. The molecule has 0 atom stereocenters. The van der Waals surface area contributed by atoms with Crippen molar-refractivity contribution in [3.05, 3.63) is 53.3 Å². The number of hydrogen-bond donors (Lipinski definition) is 0. The molecule has 0 spiro atoms. The van der Waals surface area contributed by atoms with Gasteiger partial charge >= 0.3 is 5.97 Å². The van der Waals surface area contributed by atoms with E-state index >= 15 is 0 Å². The Bertz CT molecular complexity index is 1380. The van der Waals surface area contributed by atoms with Gasteiger partial charge in [-0.25, -0.2) is 8.42 Å². The average molecular weight is 518 g/mol. The quantitative estimate of drug-likeness (QED) is 0.446. The van der Waals surface area contributed by atoms with Crippen LogP contribution in [0.3, 0.4) is 0 Å².